The third-order valence-electron chi connectivity index (χ3n) is 3.06. The molecule has 0 bridgehead atoms. The molecule has 0 fully saturated rings. The topological polar surface area (TPSA) is 61.0 Å². The van der Waals surface area contributed by atoms with Crippen LogP contribution in [0, 0.1) is 6.92 Å². The maximum absolute atomic E-state index is 5.82. The van der Waals surface area contributed by atoms with E-state index < -0.39 is 0 Å². The Kier molecular flexibility index (Phi) is 3.21. The minimum Gasteiger partial charge on any atom is -0.483 e. The highest BCUT2D eigenvalue weighted by Crippen LogP contribution is 2.20. The summed E-state index contributed by atoms with van der Waals surface area (Å²) in [5.74, 6) is 0.997. The molecule has 100 valence electrons. The Balaban J connectivity index is 1.79. The number of rotatable bonds is 3. The number of hydrogen-bond acceptors (Lipinski definition) is 4. The monoisotopic (exact) mass is 265 g/mol. The number of aryl methyl sites for hydroxylation is 1. The number of hydrogen-bond donors (Lipinski definition) is 1. The van der Waals surface area contributed by atoms with E-state index in [9.17, 15) is 0 Å². The zero-order chi connectivity index (χ0) is 13.9. The molecule has 3 rings (SSSR count). The zero-order valence-corrected chi connectivity index (χ0v) is 11.2. The fraction of sp³-hybridized carbons (Fsp3) is 0.125. The third kappa shape index (κ3) is 2.54. The second-order valence-electron chi connectivity index (χ2n) is 4.62. The van der Waals surface area contributed by atoms with Gasteiger partial charge < -0.3 is 10.5 Å². The Morgan fingerprint density at radius 2 is 1.85 bits per heavy atom. The molecule has 2 heterocycles. The number of fused-ring (bicyclic) bond motifs is 1. The molecule has 0 saturated heterocycles. The van der Waals surface area contributed by atoms with E-state index in [-0.39, 0.29) is 0 Å². The van der Waals surface area contributed by atoms with Crippen LogP contribution in [0.1, 0.15) is 11.4 Å². The molecule has 0 amide bonds. The van der Waals surface area contributed by atoms with E-state index in [4.69, 9.17) is 10.5 Å². The first-order chi connectivity index (χ1) is 9.72. The van der Waals surface area contributed by atoms with Gasteiger partial charge in [0.2, 0.25) is 0 Å². The number of anilines is 1. The van der Waals surface area contributed by atoms with Crippen molar-refractivity contribution >= 4 is 16.7 Å². The van der Waals surface area contributed by atoms with Gasteiger partial charge in [0.05, 0.1) is 11.2 Å². The van der Waals surface area contributed by atoms with Crippen LogP contribution >= 0.6 is 0 Å². The predicted octanol–water partition coefficient (Wildman–Crippen LogP) is 3.10. The lowest BCUT2D eigenvalue weighted by atomic mass is 10.2. The van der Waals surface area contributed by atoms with Crippen molar-refractivity contribution in [1.82, 2.24) is 9.97 Å². The first-order valence-corrected chi connectivity index (χ1v) is 6.43. The number of para-hydroxylation sites is 1. The lowest BCUT2D eigenvalue weighted by molar-refractivity contribution is 0.302. The SMILES string of the molecule is Cc1ccc(OCc2ccc3ccccc3n2)c(N)n1. The Bertz CT molecular complexity index is 756. The first kappa shape index (κ1) is 12.4. The summed E-state index contributed by atoms with van der Waals surface area (Å²) in [5, 5.41) is 1.12. The predicted molar refractivity (Wildman–Crippen MR) is 79.5 cm³/mol. The number of benzene rings is 1. The van der Waals surface area contributed by atoms with Crippen LogP contribution in [0.2, 0.25) is 0 Å². The molecule has 0 aliphatic carbocycles. The van der Waals surface area contributed by atoms with E-state index in [0.717, 1.165) is 22.3 Å². The molecule has 20 heavy (non-hydrogen) atoms. The lowest BCUT2D eigenvalue weighted by Crippen LogP contribution is -2.02. The molecular weight excluding hydrogens is 250 g/mol. The van der Waals surface area contributed by atoms with Crippen molar-refractivity contribution in [1.29, 1.82) is 0 Å². The van der Waals surface area contributed by atoms with Gasteiger partial charge in [-0.05, 0) is 31.2 Å². The zero-order valence-electron chi connectivity index (χ0n) is 11.2. The third-order valence-corrected chi connectivity index (χ3v) is 3.06. The second kappa shape index (κ2) is 5.17. The molecule has 3 aromatic rings. The molecule has 0 atom stereocenters. The van der Waals surface area contributed by atoms with Gasteiger partial charge in [-0.15, -0.1) is 0 Å². The molecule has 1 aromatic carbocycles. The van der Waals surface area contributed by atoms with Crippen LogP contribution in [0.15, 0.2) is 48.5 Å². The average Bonchev–Trinajstić information content (AvgIpc) is 2.46. The van der Waals surface area contributed by atoms with Gasteiger partial charge in [0, 0.05) is 11.1 Å². The minimum absolute atomic E-state index is 0.375. The number of nitrogens with zero attached hydrogens (tertiary/aromatic N) is 2. The van der Waals surface area contributed by atoms with Crippen molar-refractivity contribution < 1.29 is 4.74 Å². The highest BCUT2D eigenvalue weighted by atomic mass is 16.5. The molecule has 0 unspecified atom stereocenters. The summed E-state index contributed by atoms with van der Waals surface area (Å²) in [6.45, 7) is 2.27. The lowest BCUT2D eigenvalue weighted by Gasteiger charge is -2.08. The Hall–Kier alpha value is -2.62. The number of nitrogen functional groups attached to an aromatic ring is 1. The fourth-order valence-electron chi connectivity index (χ4n) is 2.03. The molecule has 4 heteroatoms. The summed E-state index contributed by atoms with van der Waals surface area (Å²) in [6.07, 6.45) is 0. The van der Waals surface area contributed by atoms with Crippen molar-refractivity contribution in [3.05, 3.63) is 59.9 Å². The summed E-state index contributed by atoms with van der Waals surface area (Å²) < 4.78 is 5.68. The van der Waals surface area contributed by atoms with E-state index in [1.807, 2.05) is 55.5 Å². The molecule has 0 saturated carbocycles. The number of ether oxygens (including phenoxy) is 1. The normalized spacial score (nSPS) is 10.7. The Labute approximate surface area is 117 Å². The summed E-state index contributed by atoms with van der Waals surface area (Å²) in [6, 6.07) is 15.7. The van der Waals surface area contributed by atoms with Crippen LogP contribution < -0.4 is 10.5 Å². The molecule has 0 aliphatic heterocycles. The summed E-state index contributed by atoms with van der Waals surface area (Å²) in [4.78, 5) is 8.72. The maximum atomic E-state index is 5.82. The quantitative estimate of drug-likeness (QED) is 0.790. The van der Waals surface area contributed by atoms with Crippen molar-refractivity contribution in [3.63, 3.8) is 0 Å². The molecule has 0 aliphatic rings. The van der Waals surface area contributed by atoms with Crippen LogP contribution in [0.5, 0.6) is 5.75 Å². The van der Waals surface area contributed by atoms with Gasteiger partial charge in [0.25, 0.3) is 0 Å². The van der Waals surface area contributed by atoms with E-state index in [0.29, 0.717) is 18.2 Å². The maximum Gasteiger partial charge on any atom is 0.166 e. The van der Waals surface area contributed by atoms with Gasteiger partial charge >= 0.3 is 0 Å². The van der Waals surface area contributed by atoms with Crippen LogP contribution in [0.25, 0.3) is 10.9 Å². The number of nitrogens with two attached hydrogens (primary N) is 1. The standard InChI is InChI=1S/C16H15N3O/c1-11-6-9-15(16(17)18-11)20-10-13-8-7-12-4-2-3-5-14(12)19-13/h2-9H,10H2,1H3,(H2,17,18). The molecular formula is C16H15N3O. The average molecular weight is 265 g/mol. The van der Waals surface area contributed by atoms with Gasteiger partial charge in [-0.1, -0.05) is 24.3 Å². The van der Waals surface area contributed by atoms with Crippen molar-refractivity contribution in [2.24, 2.45) is 0 Å². The van der Waals surface area contributed by atoms with Crippen molar-refractivity contribution in [3.8, 4) is 5.75 Å². The molecule has 2 N–H and O–H groups in total. The highest BCUT2D eigenvalue weighted by Gasteiger charge is 2.04. The summed E-state index contributed by atoms with van der Waals surface area (Å²) >= 11 is 0. The molecule has 0 radical (unpaired) electrons. The van der Waals surface area contributed by atoms with Crippen LogP contribution in [0.4, 0.5) is 5.82 Å². The van der Waals surface area contributed by atoms with E-state index in [2.05, 4.69) is 9.97 Å². The minimum atomic E-state index is 0.375. The van der Waals surface area contributed by atoms with Crippen molar-refractivity contribution in [2.75, 3.05) is 5.73 Å². The van der Waals surface area contributed by atoms with E-state index in [1.165, 1.54) is 0 Å². The van der Waals surface area contributed by atoms with E-state index in [1.54, 1.807) is 0 Å². The van der Waals surface area contributed by atoms with Gasteiger partial charge in [-0.2, -0.15) is 0 Å². The number of pyridine rings is 2. The smallest absolute Gasteiger partial charge is 0.166 e. The van der Waals surface area contributed by atoms with Gasteiger partial charge in [-0.3, -0.25) is 0 Å². The largest absolute Gasteiger partial charge is 0.483 e. The highest BCUT2D eigenvalue weighted by molar-refractivity contribution is 5.78. The van der Waals surface area contributed by atoms with Gasteiger partial charge in [-0.25, -0.2) is 9.97 Å². The second-order valence-corrected chi connectivity index (χ2v) is 4.62. The summed E-state index contributed by atoms with van der Waals surface area (Å²) in [5.41, 5.74) is 8.52. The Morgan fingerprint density at radius 1 is 1.00 bits per heavy atom. The number of aromatic nitrogens is 2. The molecule has 0 spiro atoms. The van der Waals surface area contributed by atoms with Crippen LogP contribution in [0.3, 0.4) is 0 Å². The van der Waals surface area contributed by atoms with Crippen LogP contribution in [-0.2, 0) is 6.61 Å². The van der Waals surface area contributed by atoms with Crippen molar-refractivity contribution in [2.45, 2.75) is 13.5 Å². The fourth-order valence-corrected chi connectivity index (χ4v) is 2.03. The van der Waals surface area contributed by atoms with Gasteiger partial charge in [0.15, 0.2) is 11.6 Å². The first-order valence-electron chi connectivity index (χ1n) is 6.43. The Morgan fingerprint density at radius 3 is 2.70 bits per heavy atom. The van der Waals surface area contributed by atoms with Gasteiger partial charge in [0.1, 0.15) is 6.61 Å². The molecule has 4 nitrogen and oxygen atoms in total. The summed E-state index contributed by atoms with van der Waals surface area (Å²) in [7, 11) is 0. The molecule has 2 aromatic heterocycles. The van der Waals surface area contributed by atoms with Crippen LogP contribution in [-0.4, -0.2) is 9.97 Å². The van der Waals surface area contributed by atoms with E-state index >= 15 is 0 Å².